The van der Waals surface area contributed by atoms with Crippen LogP contribution in [0.15, 0.2) is 41.2 Å². The van der Waals surface area contributed by atoms with Gasteiger partial charge in [-0.2, -0.15) is 10.4 Å². The van der Waals surface area contributed by atoms with Crippen LogP contribution in [0.1, 0.15) is 31.0 Å². The lowest BCUT2D eigenvalue weighted by Gasteiger charge is -2.35. The van der Waals surface area contributed by atoms with Crippen LogP contribution in [0.2, 0.25) is 0 Å². The van der Waals surface area contributed by atoms with Gasteiger partial charge in [-0.15, -0.1) is 0 Å². The van der Waals surface area contributed by atoms with Crippen molar-refractivity contribution in [2.75, 3.05) is 31.1 Å². The van der Waals surface area contributed by atoms with E-state index in [9.17, 15) is 4.79 Å². The maximum Gasteiger partial charge on any atom is 0.267 e. The van der Waals surface area contributed by atoms with Crippen molar-refractivity contribution in [3.63, 3.8) is 0 Å². The van der Waals surface area contributed by atoms with E-state index < -0.39 is 0 Å². The molecule has 0 unspecified atom stereocenters. The van der Waals surface area contributed by atoms with Crippen LogP contribution in [0.4, 0.5) is 5.82 Å². The summed E-state index contributed by atoms with van der Waals surface area (Å²) in [4.78, 5) is 16.5. The molecule has 1 saturated heterocycles. The first-order valence-electron chi connectivity index (χ1n) is 8.63. The molecule has 0 radical (unpaired) electrons. The van der Waals surface area contributed by atoms with Crippen molar-refractivity contribution >= 4 is 5.82 Å². The molecule has 0 amide bonds. The van der Waals surface area contributed by atoms with Crippen LogP contribution in [-0.2, 0) is 6.54 Å². The zero-order chi connectivity index (χ0) is 17.8. The Balaban J connectivity index is 1.61. The third-order valence-electron chi connectivity index (χ3n) is 4.49. The van der Waals surface area contributed by atoms with Crippen molar-refractivity contribution in [3.05, 3.63) is 57.9 Å². The summed E-state index contributed by atoms with van der Waals surface area (Å²) in [6.07, 6.45) is 0. The number of hydrogen-bond acceptors (Lipinski definition) is 5. The third kappa shape index (κ3) is 4.06. The number of aromatic nitrogens is 2. The summed E-state index contributed by atoms with van der Waals surface area (Å²) >= 11 is 0. The molecule has 25 heavy (non-hydrogen) atoms. The van der Waals surface area contributed by atoms with Crippen molar-refractivity contribution in [2.24, 2.45) is 0 Å². The van der Waals surface area contributed by atoms with Crippen LogP contribution < -0.4 is 10.5 Å². The number of nitriles is 1. The second kappa shape index (κ2) is 7.49. The predicted molar refractivity (Wildman–Crippen MR) is 97.5 cm³/mol. The van der Waals surface area contributed by atoms with E-state index in [1.54, 1.807) is 10.7 Å². The average Bonchev–Trinajstić information content (AvgIpc) is 2.63. The third-order valence-corrected chi connectivity index (χ3v) is 4.49. The Kier molecular flexibility index (Phi) is 5.15. The topological polar surface area (TPSA) is 65.2 Å². The van der Waals surface area contributed by atoms with Gasteiger partial charge in [0.05, 0.1) is 17.7 Å². The number of anilines is 1. The molecule has 6 heteroatoms. The lowest BCUT2D eigenvalue weighted by molar-refractivity contribution is 0.249. The van der Waals surface area contributed by atoms with E-state index in [0.717, 1.165) is 38.5 Å². The minimum Gasteiger partial charge on any atom is -0.353 e. The molecule has 0 spiro atoms. The van der Waals surface area contributed by atoms with E-state index in [0.29, 0.717) is 5.56 Å². The molecule has 6 nitrogen and oxygen atoms in total. The summed E-state index contributed by atoms with van der Waals surface area (Å²) in [7, 11) is 0. The van der Waals surface area contributed by atoms with Gasteiger partial charge >= 0.3 is 0 Å². The van der Waals surface area contributed by atoms with Gasteiger partial charge in [0.15, 0.2) is 0 Å². The van der Waals surface area contributed by atoms with Crippen LogP contribution in [0.25, 0.3) is 0 Å². The monoisotopic (exact) mass is 337 g/mol. The first kappa shape index (κ1) is 17.2. The molecule has 2 heterocycles. The highest BCUT2D eigenvalue weighted by Crippen LogP contribution is 2.15. The van der Waals surface area contributed by atoms with Gasteiger partial charge < -0.3 is 4.90 Å². The molecule has 1 aliphatic heterocycles. The van der Waals surface area contributed by atoms with Crippen molar-refractivity contribution in [2.45, 2.75) is 26.4 Å². The minimum absolute atomic E-state index is 0.0572. The van der Waals surface area contributed by atoms with Crippen LogP contribution in [0.5, 0.6) is 0 Å². The summed E-state index contributed by atoms with van der Waals surface area (Å²) in [5.74, 6) is 0.867. The molecule has 1 aliphatic rings. The quantitative estimate of drug-likeness (QED) is 0.854. The fourth-order valence-corrected chi connectivity index (χ4v) is 3.03. The molecular weight excluding hydrogens is 314 g/mol. The summed E-state index contributed by atoms with van der Waals surface area (Å²) in [6.45, 7) is 8.49. The molecule has 130 valence electrons. The molecule has 2 aromatic rings. The molecule has 1 aromatic carbocycles. The first-order chi connectivity index (χ1) is 12.1. The molecule has 0 atom stereocenters. The molecule has 1 aromatic heterocycles. The molecule has 0 N–H and O–H groups in total. The van der Waals surface area contributed by atoms with Gasteiger partial charge in [0.25, 0.3) is 5.56 Å². The highest BCUT2D eigenvalue weighted by molar-refractivity contribution is 5.37. The highest BCUT2D eigenvalue weighted by Gasteiger charge is 2.19. The summed E-state index contributed by atoms with van der Waals surface area (Å²) in [5, 5.41) is 13.4. The van der Waals surface area contributed by atoms with E-state index in [1.165, 1.54) is 5.56 Å². The zero-order valence-corrected chi connectivity index (χ0v) is 14.7. The van der Waals surface area contributed by atoms with E-state index in [1.807, 2.05) is 44.2 Å². The summed E-state index contributed by atoms with van der Waals surface area (Å²) in [5.41, 5.74) is 1.86. The minimum atomic E-state index is -0.0572. The van der Waals surface area contributed by atoms with Gasteiger partial charge in [0.1, 0.15) is 5.82 Å². The Bertz CT molecular complexity index is 811. The maximum atomic E-state index is 11.9. The molecule has 3 rings (SSSR count). The standard InChI is InChI=1S/C19H23N5O/c1-15(2)24-19(25)8-7-18(21-24)23-11-9-22(10-12-23)14-17-5-3-16(13-20)4-6-17/h3-8,15H,9-12,14H2,1-2H3. The summed E-state index contributed by atoms with van der Waals surface area (Å²) in [6, 6.07) is 13.4. The van der Waals surface area contributed by atoms with Crippen LogP contribution in [0.3, 0.4) is 0 Å². The van der Waals surface area contributed by atoms with Crippen molar-refractivity contribution in [3.8, 4) is 6.07 Å². The lowest BCUT2D eigenvalue weighted by Crippen LogP contribution is -2.46. The SMILES string of the molecule is CC(C)n1nc(N2CCN(Cc3ccc(C#N)cc3)CC2)ccc1=O. The van der Waals surface area contributed by atoms with Gasteiger partial charge in [0, 0.05) is 38.8 Å². The fourth-order valence-electron chi connectivity index (χ4n) is 3.03. The number of rotatable bonds is 4. The van der Waals surface area contributed by atoms with Crippen LogP contribution in [0, 0.1) is 11.3 Å². The van der Waals surface area contributed by atoms with E-state index in [4.69, 9.17) is 5.26 Å². The van der Waals surface area contributed by atoms with Gasteiger partial charge in [-0.05, 0) is 37.6 Å². The van der Waals surface area contributed by atoms with E-state index >= 15 is 0 Å². The van der Waals surface area contributed by atoms with E-state index in [-0.39, 0.29) is 11.6 Å². The Morgan fingerprint density at radius 2 is 1.76 bits per heavy atom. The molecule has 0 bridgehead atoms. The predicted octanol–water partition coefficient (Wildman–Crippen LogP) is 2.02. The Morgan fingerprint density at radius 1 is 1.08 bits per heavy atom. The van der Waals surface area contributed by atoms with E-state index in [2.05, 4.69) is 21.0 Å². The highest BCUT2D eigenvalue weighted by atomic mass is 16.1. The number of benzene rings is 1. The Hall–Kier alpha value is -2.65. The zero-order valence-electron chi connectivity index (χ0n) is 14.7. The van der Waals surface area contributed by atoms with Gasteiger partial charge in [-0.1, -0.05) is 12.1 Å². The largest absolute Gasteiger partial charge is 0.353 e. The van der Waals surface area contributed by atoms with Gasteiger partial charge in [-0.25, -0.2) is 4.68 Å². The Labute approximate surface area is 147 Å². The second-order valence-electron chi connectivity index (χ2n) is 6.64. The smallest absolute Gasteiger partial charge is 0.267 e. The van der Waals surface area contributed by atoms with Gasteiger partial charge in [0.2, 0.25) is 0 Å². The molecule has 0 saturated carbocycles. The van der Waals surface area contributed by atoms with Crippen LogP contribution >= 0.6 is 0 Å². The van der Waals surface area contributed by atoms with Gasteiger partial charge in [-0.3, -0.25) is 9.69 Å². The number of hydrogen-bond donors (Lipinski definition) is 0. The molecular formula is C19H23N5O. The molecule has 0 aliphatic carbocycles. The normalized spacial score (nSPS) is 15.4. The van der Waals surface area contributed by atoms with Crippen molar-refractivity contribution in [1.29, 1.82) is 5.26 Å². The van der Waals surface area contributed by atoms with Crippen molar-refractivity contribution in [1.82, 2.24) is 14.7 Å². The average molecular weight is 337 g/mol. The van der Waals surface area contributed by atoms with Crippen molar-refractivity contribution < 1.29 is 0 Å². The number of piperazine rings is 1. The fraction of sp³-hybridized carbons (Fsp3) is 0.421. The summed E-state index contributed by atoms with van der Waals surface area (Å²) < 4.78 is 1.54. The Morgan fingerprint density at radius 3 is 2.36 bits per heavy atom. The van der Waals surface area contributed by atoms with Crippen LogP contribution in [-0.4, -0.2) is 40.9 Å². The molecule has 1 fully saturated rings. The first-order valence-corrected chi connectivity index (χ1v) is 8.63. The maximum absolute atomic E-state index is 11.9. The lowest BCUT2D eigenvalue weighted by atomic mass is 10.1. The number of nitrogens with zero attached hydrogens (tertiary/aromatic N) is 5. The second-order valence-corrected chi connectivity index (χ2v) is 6.64.